The van der Waals surface area contributed by atoms with Crippen molar-refractivity contribution in [3.63, 3.8) is 0 Å². The molecular formula is C22H30N2. The molecule has 4 rings (SSSR count). The SMILES string of the molecule is [2H]C([2H])([2H])C1N2C=CC(C)(C3CCCCC3)C2=C(C)N1c1ccccc1C. The summed E-state index contributed by atoms with van der Waals surface area (Å²) in [6.45, 7) is 4.38. The summed E-state index contributed by atoms with van der Waals surface area (Å²) < 4.78 is 24.9. The molecule has 2 nitrogen and oxygen atoms in total. The minimum Gasteiger partial charge on any atom is -0.328 e. The molecule has 1 aromatic carbocycles. The van der Waals surface area contributed by atoms with Crippen molar-refractivity contribution in [3.05, 3.63) is 53.5 Å². The lowest BCUT2D eigenvalue weighted by Crippen LogP contribution is -2.35. The summed E-state index contributed by atoms with van der Waals surface area (Å²) in [5.41, 5.74) is 4.31. The Kier molecular flexibility index (Phi) is 2.99. The van der Waals surface area contributed by atoms with Crippen LogP contribution in [-0.2, 0) is 0 Å². The Hall–Kier alpha value is -1.70. The molecule has 2 aliphatic heterocycles. The molecule has 2 atom stereocenters. The van der Waals surface area contributed by atoms with Crippen LogP contribution in [0.4, 0.5) is 5.69 Å². The van der Waals surface area contributed by atoms with Crippen LogP contribution in [0.3, 0.4) is 0 Å². The number of allylic oxidation sites excluding steroid dienone is 2. The van der Waals surface area contributed by atoms with Crippen LogP contribution in [0.2, 0.25) is 0 Å². The lowest BCUT2D eigenvalue weighted by Gasteiger charge is -2.37. The fraction of sp³-hybridized carbons (Fsp3) is 0.545. The first-order valence-electron chi connectivity index (χ1n) is 10.8. The second-order valence-corrected chi connectivity index (χ2v) is 7.80. The third kappa shape index (κ3) is 2.15. The van der Waals surface area contributed by atoms with Crippen molar-refractivity contribution in [1.82, 2.24) is 4.90 Å². The van der Waals surface area contributed by atoms with Crippen molar-refractivity contribution in [2.24, 2.45) is 11.3 Å². The predicted octanol–water partition coefficient (Wildman–Crippen LogP) is 5.81. The zero-order valence-electron chi connectivity index (χ0n) is 18.0. The van der Waals surface area contributed by atoms with Crippen LogP contribution in [-0.4, -0.2) is 11.1 Å². The average Bonchev–Trinajstić information content (AvgIpc) is 3.13. The van der Waals surface area contributed by atoms with Crippen molar-refractivity contribution < 1.29 is 4.11 Å². The molecule has 24 heavy (non-hydrogen) atoms. The van der Waals surface area contributed by atoms with Gasteiger partial charge >= 0.3 is 0 Å². The van der Waals surface area contributed by atoms with E-state index in [1.807, 2.05) is 29.3 Å². The molecule has 1 saturated carbocycles. The average molecular weight is 326 g/mol. The van der Waals surface area contributed by atoms with Gasteiger partial charge in [-0.25, -0.2) is 0 Å². The number of anilines is 1. The highest BCUT2D eigenvalue weighted by molar-refractivity contribution is 5.62. The van der Waals surface area contributed by atoms with Crippen molar-refractivity contribution in [2.45, 2.75) is 65.9 Å². The largest absolute Gasteiger partial charge is 0.328 e. The highest BCUT2D eigenvalue weighted by Crippen LogP contribution is 2.54. The van der Waals surface area contributed by atoms with Crippen LogP contribution in [0.15, 0.2) is 47.9 Å². The molecular weight excluding hydrogens is 292 g/mol. The highest BCUT2D eigenvalue weighted by Gasteiger charge is 2.48. The van der Waals surface area contributed by atoms with Crippen molar-refractivity contribution >= 4 is 5.69 Å². The summed E-state index contributed by atoms with van der Waals surface area (Å²) in [5.74, 6) is 0.589. The fourth-order valence-electron chi connectivity index (χ4n) is 5.05. The van der Waals surface area contributed by atoms with E-state index >= 15 is 0 Å². The molecule has 0 bridgehead atoms. The van der Waals surface area contributed by atoms with Crippen molar-refractivity contribution in [2.75, 3.05) is 4.90 Å². The number of rotatable bonds is 2. The number of fused-ring (bicyclic) bond motifs is 1. The van der Waals surface area contributed by atoms with Gasteiger partial charge in [-0.05, 0) is 51.1 Å². The van der Waals surface area contributed by atoms with Crippen LogP contribution in [0.1, 0.15) is 62.5 Å². The smallest absolute Gasteiger partial charge is 0.107 e. The van der Waals surface area contributed by atoms with Gasteiger partial charge in [0.15, 0.2) is 0 Å². The molecule has 1 aliphatic carbocycles. The van der Waals surface area contributed by atoms with Crippen LogP contribution in [0.5, 0.6) is 0 Å². The summed E-state index contributed by atoms with van der Waals surface area (Å²) in [5, 5.41) is 0. The number of nitrogens with zero attached hydrogens (tertiary/aromatic N) is 2. The zero-order valence-corrected chi connectivity index (χ0v) is 15.0. The van der Waals surface area contributed by atoms with Gasteiger partial charge in [-0.15, -0.1) is 0 Å². The molecule has 0 radical (unpaired) electrons. The summed E-state index contributed by atoms with van der Waals surface area (Å²) >= 11 is 0. The molecule has 128 valence electrons. The molecule has 3 aliphatic rings. The Bertz CT molecular complexity index is 789. The Morgan fingerprint density at radius 2 is 1.88 bits per heavy atom. The topological polar surface area (TPSA) is 6.48 Å². The van der Waals surface area contributed by atoms with Crippen molar-refractivity contribution in [1.29, 1.82) is 0 Å². The van der Waals surface area contributed by atoms with E-state index in [2.05, 4.69) is 37.8 Å². The Labute approximate surface area is 151 Å². The van der Waals surface area contributed by atoms with Gasteiger partial charge in [0, 0.05) is 32.8 Å². The standard InChI is InChI=1S/C22H30N2/c1-16-10-8-9-13-20(16)24-17(2)21-22(4,14-15-23(21)18(24)3)19-11-6-5-7-12-19/h8-10,13-15,18-19H,5-7,11-12H2,1-4H3/i3D3. The molecule has 1 fully saturated rings. The number of para-hydroxylation sites is 1. The third-order valence-corrected chi connectivity index (χ3v) is 6.39. The molecule has 0 amide bonds. The van der Waals surface area contributed by atoms with Crippen LogP contribution >= 0.6 is 0 Å². The number of hydrogen-bond donors (Lipinski definition) is 0. The van der Waals surface area contributed by atoms with E-state index in [1.54, 1.807) is 0 Å². The lowest BCUT2D eigenvalue weighted by molar-refractivity contribution is 0.206. The molecule has 0 saturated heterocycles. The molecule has 2 unspecified atom stereocenters. The molecule has 2 heterocycles. The first kappa shape index (κ1) is 12.6. The van der Waals surface area contributed by atoms with Gasteiger partial charge < -0.3 is 9.80 Å². The Morgan fingerprint density at radius 3 is 2.58 bits per heavy atom. The first-order chi connectivity index (χ1) is 12.7. The van der Waals surface area contributed by atoms with Crippen LogP contribution in [0.25, 0.3) is 0 Å². The summed E-state index contributed by atoms with van der Waals surface area (Å²) in [7, 11) is 0. The van der Waals surface area contributed by atoms with Gasteiger partial charge in [0.2, 0.25) is 0 Å². The van der Waals surface area contributed by atoms with E-state index in [1.165, 1.54) is 37.8 Å². The molecule has 1 aromatic rings. The lowest BCUT2D eigenvalue weighted by atomic mass is 9.68. The van der Waals surface area contributed by atoms with E-state index in [0.29, 0.717) is 5.92 Å². The van der Waals surface area contributed by atoms with Crippen LogP contribution in [0, 0.1) is 18.3 Å². The Morgan fingerprint density at radius 1 is 1.12 bits per heavy atom. The van der Waals surface area contributed by atoms with Gasteiger partial charge in [-0.3, -0.25) is 0 Å². The van der Waals surface area contributed by atoms with E-state index in [0.717, 1.165) is 16.9 Å². The highest BCUT2D eigenvalue weighted by atomic mass is 15.4. The summed E-state index contributed by atoms with van der Waals surface area (Å²) in [6.07, 6.45) is 10.00. The number of hydrogen-bond acceptors (Lipinski definition) is 2. The van der Waals surface area contributed by atoms with Gasteiger partial charge in [0.05, 0.1) is 0 Å². The summed E-state index contributed by atoms with van der Waals surface area (Å²) in [6, 6.07) is 8.11. The normalized spacial score (nSPS) is 32.8. The zero-order chi connectivity index (χ0) is 19.4. The maximum Gasteiger partial charge on any atom is 0.107 e. The minimum absolute atomic E-state index is 0.0779. The van der Waals surface area contributed by atoms with E-state index in [9.17, 15) is 0 Å². The molecule has 0 aromatic heterocycles. The Balaban J connectivity index is 1.83. The van der Waals surface area contributed by atoms with E-state index in [-0.39, 0.29) is 5.41 Å². The second kappa shape index (κ2) is 5.68. The number of aryl methyl sites for hydroxylation is 1. The molecule has 2 heteroatoms. The first-order valence-corrected chi connectivity index (χ1v) is 9.29. The van der Waals surface area contributed by atoms with Crippen molar-refractivity contribution in [3.8, 4) is 0 Å². The summed E-state index contributed by atoms with van der Waals surface area (Å²) in [4.78, 5) is 4.10. The fourth-order valence-corrected chi connectivity index (χ4v) is 5.05. The predicted molar refractivity (Wildman–Crippen MR) is 101 cm³/mol. The maximum absolute atomic E-state index is 8.28. The van der Waals surface area contributed by atoms with E-state index < -0.39 is 13.0 Å². The van der Waals surface area contributed by atoms with Gasteiger partial charge in [-0.2, -0.15) is 0 Å². The van der Waals surface area contributed by atoms with Crippen LogP contribution < -0.4 is 4.90 Å². The molecule has 0 N–H and O–H groups in total. The quantitative estimate of drug-likeness (QED) is 0.677. The second-order valence-electron chi connectivity index (χ2n) is 7.80. The molecule has 0 spiro atoms. The maximum atomic E-state index is 8.28. The van der Waals surface area contributed by atoms with E-state index in [4.69, 9.17) is 4.11 Å². The number of benzene rings is 1. The van der Waals surface area contributed by atoms with Gasteiger partial charge in [-0.1, -0.05) is 50.5 Å². The monoisotopic (exact) mass is 325 g/mol. The van der Waals surface area contributed by atoms with Gasteiger partial charge in [0.1, 0.15) is 6.17 Å². The van der Waals surface area contributed by atoms with Gasteiger partial charge in [0.25, 0.3) is 0 Å². The third-order valence-electron chi connectivity index (χ3n) is 6.39. The minimum atomic E-state index is -2.10.